The van der Waals surface area contributed by atoms with Gasteiger partial charge in [-0.3, -0.25) is 0 Å². The number of hydrogen-bond donors (Lipinski definition) is 0. The third kappa shape index (κ3) is 5.32. The van der Waals surface area contributed by atoms with E-state index in [2.05, 4.69) is 45.7 Å². The second-order valence-corrected chi connectivity index (χ2v) is 11.5. The van der Waals surface area contributed by atoms with Crippen molar-refractivity contribution in [1.29, 1.82) is 0 Å². The molecule has 0 N–H and O–H groups in total. The van der Waals surface area contributed by atoms with Crippen molar-refractivity contribution in [1.82, 2.24) is 0 Å². The molecule has 22 heavy (non-hydrogen) atoms. The van der Waals surface area contributed by atoms with Crippen molar-refractivity contribution in [3.63, 3.8) is 0 Å². The molecule has 1 aromatic rings. The molecule has 1 unspecified atom stereocenters. The van der Waals surface area contributed by atoms with Crippen LogP contribution in [0.25, 0.3) is 0 Å². The molecule has 1 atom stereocenters. The fourth-order valence-electron chi connectivity index (χ4n) is 1.54. The topological polar surface area (TPSA) is 35.5 Å². The maximum absolute atomic E-state index is 12.1. The van der Waals surface area contributed by atoms with Crippen LogP contribution in [0.1, 0.15) is 38.1 Å². The highest BCUT2D eigenvalue weighted by atomic mass is 28.4. The summed E-state index contributed by atoms with van der Waals surface area (Å²) >= 11 is 0. The quantitative estimate of drug-likeness (QED) is 0.462. The van der Waals surface area contributed by atoms with E-state index in [1.165, 1.54) is 0 Å². The van der Waals surface area contributed by atoms with Crippen LogP contribution in [-0.2, 0) is 9.16 Å². The third-order valence-corrected chi connectivity index (χ3v) is 8.47. The first kappa shape index (κ1) is 18.5. The predicted molar refractivity (Wildman–Crippen MR) is 92.2 cm³/mol. The molecule has 3 nitrogen and oxygen atoms in total. The van der Waals surface area contributed by atoms with Crippen molar-refractivity contribution in [2.24, 2.45) is 0 Å². The normalized spacial score (nSPS) is 13.0. The summed E-state index contributed by atoms with van der Waals surface area (Å²) in [5.41, 5.74) is 0.526. The Balaban J connectivity index is 2.71. The molecular formula is C18H26O3Si. The molecule has 0 heterocycles. The molecule has 0 saturated heterocycles. The minimum atomic E-state index is -1.89. The summed E-state index contributed by atoms with van der Waals surface area (Å²) in [6.45, 7) is 12.9. The van der Waals surface area contributed by atoms with Crippen molar-refractivity contribution >= 4 is 14.3 Å². The molecule has 0 aliphatic carbocycles. The maximum atomic E-state index is 12.1. The van der Waals surface area contributed by atoms with Gasteiger partial charge in [-0.25, -0.2) is 4.79 Å². The molecule has 0 saturated carbocycles. The van der Waals surface area contributed by atoms with Gasteiger partial charge in [-0.05, 0) is 37.2 Å². The Hall–Kier alpha value is -1.57. The van der Waals surface area contributed by atoms with Crippen molar-refractivity contribution < 1.29 is 14.0 Å². The lowest BCUT2D eigenvalue weighted by Gasteiger charge is -2.36. The molecule has 1 aromatic carbocycles. The van der Waals surface area contributed by atoms with Crippen LogP contribution in [0.2, 0.25) is 18.1 Å². The summed E-state index contributed by atoms with van der Waals surface area (Å²) in [5, 5.41) is 0.112. The zero-order valence-corrected chi connectivity index (χ0v) is 15.4. The Kier molecular flexibility index (Phi) is 6.40. The molecule has 0 bridgehead atoms. The largest absolute Gasteiger partial charge is 0.443 e. The first-order chi connectivity index (χ1) is 10.2. The van der Waals surface area contributed by atoms with Gasteiger partial charge in [0.05, 0.1) is 12.2 Å². The molecule has 0 aliphatic heterocycles. The maximum Gasteiger partial charge on any atom is 0.339 e. The smallest absolute Gasteiger partial charge is 0.339 e. The van der Waals surface area contributed by atoms with Gasteiger partial charge in [0.1, 0.15) is 0 Å². The van der Waals surface area contributed by atoms with E-state index in [4.69, 9.17) is 9.16 Å². The van der Waals surface area contributed by atoms with Crippen LogP contribution < -0.4 is 0 Å². The average molecular weight is 318 g/mol. The molecule has 0 radical (unpaired) electrons. The highest BCUT2D eigenvalue weighted by Gasteiger charge is 2.37. The lowest BCUT2D eigenvalue weighted by molar-refractivity contribution is 0.0306. The highest BCUT2D eigenvalue weighted by molar-refractivity contribution is 6.74. The third-order valence-electron chi connectivity index (χ3n) is 3.97. The average Bonchev–Trinajstić information content (AvgIpc) is 2.44. The van der Waals surface area contributed by atoms with Gasteiger partial charge in [-0.2, -0.15) is 0 Å². The van der Waals surface area contributed by atoms with Gasteiger partial charge in [0.2, 0.25) is 0 Å². The Morgan fingerprint density at radius 3 is 2.32 bits per heavy atom. The van der Waals surface area contributed by atoms with E-state index in [9.17, 15) is 4.79 Å². The summed E-state index contributed by atoms with van der Waals surface area (Å²) in [5.74, 6) is 5.35. The van der Waals surface area contributed by atoms with Gasteiger partial charge >= 0.3 is 5.97 Å². The van der Waals surface area contributed by atoms with Crippen molar-refractivity contribution in [3.05, 3.63) is 35.9 Å². The molecule has 0 aliphatic rings. The first-order valence-corrected chi connectivity index (χ1v) is 10.4. The van der Waals surface area contributed by atoms with Crippen molar-refractivity contribution in [2.45, 2.75) is 51.9 Å². The van der Waals surface area contributed by atoms with Crippen LogP contribution in [0.4, 0.5) is 0 Å². The fraction of sp³-hybridized carbons (Fsp3) is 0.500. The van der Waals surface area contributed by atoms with Crippen LogP contribution in [0.15, 0.2) is 30.3 Å². The lowest BCUT2D eigenvalue weighted by Crippen LogP contribution is -2.43. The molecule has 0 spiro atoms. The van der Waals surface area contributed by atoms with E-state index < -0.39 is 14.4 Å². The Morgan fingerprint density at radius 1 is 1.23 bits per heavy atom. The van der Waals surface area contributed by atoms with E-state index in [0.29, 0.717) is 12.2 Å². The zero-order chi connectivity index (χ0) is 16.8. The Labute approximate surface area is 135 Å². The van der Waals surface area contributed by atoms with E-state index in [0.717, 1.165) is 0 Å². The monoisotopic (exact) mass is 318 g/mol. The summed E-state index contributed by atoms with van der Waals surface area (Å²) in [6, 6.07) is 8.94. The Morgan fingerprint density at radius 2 is 1.82 bits per heavy atom. The number of ether oxygens (including phenoxy) is 1. The minimum Gasteiger partial charge on any atom is -0.443 e. The molecule has 0 aromatic heterocycles. The van der Waals surface area contributed by atoms with Gasteiger partial charge in [-0.1, -0.05) is 44.9 Å². The van der Waals surface area contributed by atoms with E-state index in [1.54, 1.807) is 19.1 Å². The summed E-state index contributed by atoms with van der Waals surface area (Å²) in [7, 11) is -1.89. The van der Waals surface area contributed by atoms with Crippen LogP contribution in [0.5, 0.6) is 0 Å². The van der Waals surface area contributed by atoms with Crippen molar-refractivity contribution in [2.75, 3.05) is 6.61 Å². The molecule has 120 valence electrons. The van der Waals surface area contributed by atoms with Crippen LogP contribution >= 0.6 is 0 Å². The number of rotatable bonds is 5. The summed E-state index contributed by atoms with van der Waals surface area (Å²) < 4.78 is 11.6. The second-order valence-electron chi connectivity index (χ2n) is 6.73. The molecular weight excluding hydrogens is 292 g/mol. The molecule has 0 amide bonds. The first-order valence-electron chi connectivity index (χ1n) is 7.49. The summed E-state index contributed by atoms with van der Waals surface area (Å²) in [6.07, 6.45) is -0.535. The highest BCUT2D eigenvalue weighted by Crippen LogP contribution is 2.36. The summed E-state index contributed by atoms with van der Waals surface area (Å²) in [4.78, 5) is 12.1. The van der Waals surface area contributed by atoms with E-state index in [-0.39, 0.29) is 11.0 Å². The number of carbonyl (C=O) groups is 1. The van der Waals surface area contributed by atoms with Crippen molar-refractivity contribution in [3.8, 4) is 11.8 Å². The number of hydrogen-bond acceptors (Lipinski definition) is 3. The number of carbonyl (C=O) groups excluding carboxylic acids is 1. The van der Waals surface area contributed by atoms with Gasteiger partial charge in [0, 0.05) is 0 Å². The SMILES string of the molecule is CC#CC(CO[Si](C)(C)C(C)(C)C)OC(=O)c1ccccc1. The molecule has 4 heteroatoms. The number of benzene rings is 1. The zero-order valence-electron chi connectivity index (χ0n) is 14.4. The fourth-order valence-corrected chi connectivity index (χ4v) is 2.54. The van der Waals surface area contributed by atoms with E-state index in [1.807, 2.05) is 18.2 Å². The number of esters is 1. The second kappa shape index (κ2) is 7.62. The van der Waals surface area contributed by atoms with E-state index >= 15 is 0 Å². The van der Waals surface area contributed by atoms with Gasteiger partial charge in [0.15, 0.2) is 14.4 Å². The predicted octanol–water partition coefficient (Wildman–Crippen LogP) is 4.26. The van der Waals surface area contributed by atoms with Crippen LogP contribution in [0, 0.1) is 11.8 Å². The van der Waals surface area contributed by atoms with Crippen LogP contribution in [0.3, 0.4) is 0 Å². The minimum absolute atomic E-state index is 0.112. The molecule has 0 fully saturated rings. The van der Waals surface area contributed by atoms with Gasteiger partial charge < -0.3 is 9.16 Å². The molecule has 1 rings (SSSR count). The lowest BCUT2D eigenvalue weighted by atomic mass is 10.2. The standard InChI is InChI=1S/C18H26O3Si/c1-7-11-16(14-20-22(5,6)18(2,3)4)21-17(19)15-12-9-8-10-13-15/h8-10,12-13,16H,14H2,1-6H3. The Bertz CT molecular complexity index is 547. The van der Waals surface area contributed by atoms with Gasteiger partial charge in [-0.15, -0.1) is 5.92 Å². The van der Waals surface area contributed by atoms with Gasteiger partial charge in [0.25, 0.3) is 0 Å². The van der Waals surface area contributed by atoms with Crippen LogP contribution in [-0.4, -0.2) is 27.0 Å².